The molecule has 0 heteroatoms. The molecule has 0 aliphatic carbocycles. The maximum absolute atomic E-state index is 2.25. The van der Waals surface area contributed by atoms with Crippen LogP contribution < -0.4 is 0 Å². The van der Waals surface area contributed by atoms with Gasteiger partial charge in [-0.25, -0.2) is 0 Å². The lowest BCUT2D eigenvalue weighted by Gasteiger charge is -2.18. The SMILES string of the molecule is CC.CC.CC.CC.c1ccc(-c2c(-c3ccccc3)c3ccccc3c3ccccc23)cc1. The van der Waals surface area contributed by atoms with Crippen molar-refractivity contribution in [3.05, 3.63) is 109 Å². The summed E-state index contributed by atoms with van der Waals surface area (Å²) in [6.07, 6.45) is 0. The predicted octanol–water partition coefficient (Wildman–Crippen LogP) is 11.4. The van der Waals surface area contributed by atoms with Crippen LogP contribution in [0.25, 0.3) is 43.8 Å². The number of rotatable bonds is 2. The molecular weight excluding hydrogens is 408 g/mol. The Morgan fingerprint density at radius 3 is 0.794 bits per heavy atom. The van der Waals surface area contributed by atoms with E-state index in [1.807, 2.05) is 55.4 Å². The maximum Gasteiger partial charge on any atom is -0.00204 e. The first kappa shape index (κ1) is 28.7. The van der Waals surface area contributed by atoms with Gasteiger partial charge in [0.25, 0.3) is 0 Å². The summed E-state index contributed by atoms with van der Waals surface area (Å²) in [4.78, 5) is 0. The Labute approximate surface area is 208 Å². The highest BCUT2D eigenvalue weighted by atomic mass is 14.2. The van der Waals surface area contributed by atoms with Crippen LogP contribution in [0.5, 0.6) is 0 Å². The number of hydrogen-bond donors (Lipinski definition) is 0. The van der Waals surface area contributed by atoms with Crippen molar-refractivity contribution >= 4 is 21.5 Å². The minimum atomic E-state index is 1.26. The number of fused-ring (bicyclic) bond motifs is 3. The molecule has 0 aliphatic heterocycles. The third-order valence-electron chi connectivity index (χ3n) is 5.06. The van der Waals surface area contributed by atoms with Crippen LogP contribution in [0.4, 0.5) is 0 Å². The molecular formula is C34H42. The van der Waals surface area contributed by atoms with E-state index in [0.29, 0.717) is 0 Å². The van der Waals surface area contributed by atoms with Crippen molar-refractivity contribution in [2.24, 2.45) is 0 Å². The fraction of sp³-hybridized carbons (Fsp3) is 0.235. The molecule has 5 aromatic rings. The van der Waals surface area contributed by atoms with Crippen molar-refractivity contribution in [1.82, 2.24) is 0 Å². The van der Waals surface area contributed by atoms with Crippen molar-refractivity contribution < 1.29 is 0 Å². The van der Waals surface area contributed by atoms with Gasteiger partial charge in [-0.15, -0.1) is 0 Å². The van der Waals surface area contributed by atoms with E-state index in [1.165, 1.54) is 43.8 Å². The van der Waals surface area contributed by atoms with Crippen LogP contribution in [-0.4, -0.2) is 0 Å². The molecule has 0 bridgehead atoms. The summed E-state index contributed by atoms with van der Waals surface area (Å²) in [6, 6.07) is 39.0. The van der Waals surface area contributed by atoms with Crippen LogP contribution in [-0.2, 0) is 0 Å². The Morgan fingerprint density at radius 2 is 0.500 bits per heavy atom. The van der Waals surface area contributed by atoms with E-state index >= 15 is 0 Å². The van der Waals surface area contributed by atoms with E-state index in [0.717, 1.165) is 0 Å². The van der Waals surface area contributed by atoms with Crippen LogP contribution in [0.2, 0.25) is 0 Å². The lowest BCUT2D eigenvalue weighted by molar-refractivity contribution is 1.50. The topological polar surface area (TPSA) is 0 Å². The minimum Gasteiger partial charge on any atom is -0.0683 e. The van der Waals surface area contributed by atoms with E-state index in [4.69, 9.17) is 0 Å². The molecule has 0 saturated carbocycles. The third-order valence-corrected chi connectivity index (χ3v) is 5.06. The largest absolute Gasteiger partial charge is 0.0683 e. The van der Waals surface area contributed by atoms with E-state index in [-0.39, 0.29) is 0 Å². The monoisotopic (exact) mass is 450 g/mol. The zero-order valence-corrected chi connectivity index (χ0v) is 22.4. The zero-order valence-electron chi connectivity index (χ0n) is 22.4. The predicted molar refractivity (Wildman–Crippen MR) is 158 cm³/mol. The highest BCUT2D eigenvalue weighted by molar-refractivity contribution is 6.21. The summed E-state index contributed by atoms with van der Waals surface area (Å²) in [5, 5.41) is 5.22. The first-order valence-electron chi connectivity index (χ1n) is 13.0. The molecule has 0 atom stereocenters. The van der Waals surface area contributed by atoms with Crippen LogP contribution in [0.3, 0.4) is 0 Å². The van der Waals surface area contributed by atoms with Gasteiger partial charge in [0.15, 0.2) is 0 Å². The summed E-state index contributed by atoms with van der Waals surface area (Å²) in [7, 11) is 0. The maximum atomic E-state index is 2.25. The molecule has 0 nitrogen and oxygen atoms in total. The van der Waals surface area contributed by atoms with Crippen molar-refractivity contribution in [2.45, 2.75) is 55.4 Å². The fourth-order valence-electron chi connectivity index (χ4n) is 3.95. The smallest absolute Gasteiger partial charge is 0.00204 e. The van der Waals surface area contributed by atoms with Crippen molar-refractivity contribution in [3.8, 4) is 22.3 Å². The van der Waals surface area contributed by atoms with Crippen LogP contribution in [0, 0.1) is 0 Å². The summed E-state index contributed by atoms with van der Waals surface area (Å²) < 4.78 is 0. The van der Waals surface area contributed by atoms with Gasteiger partial charge in [0.05, 0.1) is 0 Å². The second kappa shape index (κ2) is 16.3. The zero-order chi connectivity index (χ0) is 25.3. The normalized spacial score (nSPS) is 9.18. The Kier molecular flexibility index (Phi) is 13.7. The van der Waals surface area contributed by atoms with E-state index in [9.17, 15) is 0 Å². The fourth-order valence-corrected chi connectivity index (χ4v) is 3.95. The molecule has 34 heavy (non-hydrogen) atoms. The standard InChI is InChI=1S/C26H18.4C2H6/c1-3-11-19(12-4-1)25-23-17-9-7-15-21(23)22-16-8-10-18-24(22)26(25)20-13-5-2-6-14-20;4*1-2/h1-18H;4*1-2H3. The molecule has 178 valence electrons. The molecule has 0 aliphatic rings. The van der Waals surface area contributed by atoms with E-state index < -0.39 is 0 Å². The molecule has 5 aromatic carbocycles. The van der Waals surface area contributed by atoms with E-state index in [2.05, 4.69) is 109 Å². The molecule has 0 unspecified atom stereocenters. The molecule has 0 N–H and O–H groups in total. The van der Waals surface area contributed by atoms with Gasteiger partial charge < -0.3 is 0 Å². The highest BCUT2D eigenvalue weighted by Gasteiger charge is 2.16. The van der Waals surface area contributed by atoms with Crippen molar-refractivity contribution in [3.63, 3.8) is 0 Å². The molecule has 0 spiro atoms. The summed E-state index contributed by atoms with van der Waals surface area (Å²) in [6.45, 7) is 16.0. The first-order valence-corrected chi connectivity index (χ1v) is 13.0. The summed E-state index contributed by atoms with van der Waals surface area (Å²) >= 11 is 0. The van der Waals surface area contributed by atoms with Crippen LogP contribution >= 0.6 is 0 Å². The van der Waals surface area contributed by atoms with Gasteiger partial charge in [-0.2, -0.15) is 0 Å². The Balaban J connectivity index is 0.000000659. The second-order valence-electron chi connectivity index (χ2n) is 6.57. The van der Waals surface area contributed by atoms with Gasteiger partial charge >= 0.3 is 0 Å². The Bertz CT molecular complexity index is 1100. The second-order valence-corrected chi connectivity index (χ2v) is 6.57. The highest BCUT2D eigenvalue weighted by Crippen LogP contribution is 2.44. The van der Waals surface area contributed by atoms with Crippen molar-refractivity contribution in [2.75, 3.05) is 0 Å². The Hall–Kier alpha value is -3.38. The van der Waals surface area contributed by atoms with Crippen molar-refractivity contribution in [1.29, 1.82) is 0 Å². The molecule has 0 radical (unpaired) electrons. The minimum absolute atomic E-state index is 1.26. The van der Waals surface area contributed by atoms with Gasteiger partial charge in [0.2, 0.25) is 0 Å². The quantitative estimate of drug-likeness (QED) is 0.235. The molecule has 0 saturated heterocycles. The average Bonchev–Trinajstić information content (AvgIpc) is 2.97. The van der Waals surface area contributed by atoms with Gasteiger partial charge in [0, 0.05) is 0 Å². The van der Waals surface area contributed by atoms with Crippen LogP contribution in [0.1, 0.15) is 55.4 Å². The van der Waals surface area contributed by atoms with Gasteiger partial charge in [0.1, 0.15) is 0 Å². The van der Waals surface area contributed by atoms with Gasteiger partial charge in [-0.05, 0) is 43.8 Å². The van der Waals surface area contributed by atoms with E-state index in [1.54, 1.807) is 0 Å². The Morgan fingerprint density at radius 1 is 0.265 bits per heavy atom. The summed E-state index contributed by atoms with van der Waals surface area (Å²) in [5.74, 6) is 0. The summed E-state index contributed by atoms with van der Waals surface area (Å²) in [5.41, 5.74) is 5.14. The van der Waals surface area contributed by atoms with Gasteiger partial charge in [-0.3, -0.25) is 0 Å². The molecule has 0 heterocycles. The first-order chi connectivity index (χ1) is 16.9. The lowest BCUT2D eigenvalue weighted by Crippen LogP contribution is -1.91. The molecule has 5 rings (SSSR count). The molecule has 0 aromatic heterocycles. The van der Waals surface area contributed by atoms with Gasteiger partial charge in [-0.1, -0.05) is 165 Å². The molecule has 0 fully saturated rings. The molecule has 0 amide bonds. The average molecular weight is 451 g/mol. The third kappa shape index (κ3) is 6.35. The lowest BCUT2D eigenvalue weighted by atomic mass is 9.85. The van der Waals surface area contributed by atoms with Crippen LogP contribution in [0.15, 0.2) is 109 Å². The number of hydrogen-bond acceptors (Lipinski definition) is 0. The number of benzene rings is 5.